The van der Waals surface area contributed by atoms with Crippen molar-refractivity contribution in [3.05, 3.63) is 33.9 Å². The van der Waals surface area contributed by atoms with Gasteiger partial charge >= 0.3 is 12.1 Å². The van der Waals surface area contributed by atoms with E-state index in [1.54, 1.807) is 20.8 Å². The molecule has 150 valence electrons. The highest BCUT2D eigenvalue weighted by atomic mass is 32.2. The number of nitrogens with zero attached hydrogens (tertiary/aromatic N) is 5. The van der Waals surface area contributed by atoms with Crippen molar-refractivity contribution in [3.8, 4) is 0 Å². The lowest BCUT2D eigenvalue weighted by atomic mass is 10.2. The fourth-order valence-corrected chi connectivity index (χ4v) is 2.87. The molecule has 2 N–H and O–H groups in total. The Morgan fingerprint density at radius 1 is 1.39 bits per heavy atom. The van der Waals surface area contributed by atoms with E-state index in [0.717, 1.165) is 17.8 Å². The minimum Gasteiger partial charge on any atom is -0.478 e. The smallest absolute Gasteiger partial charge is 0.407 e. The minimum atomic E-state index is -1.31. The van der Waals surface area contributed by atoms with Gasteiger partial charge < -0.3 is 15.2 Å². The molecule has 1 heterocycles. The van der Waals surface area contributed by atoms with E-state index in [4.69, 9.17) is 4.74 Å². The Bertz CT molecular complexity index is 893. The van der Waals surface area contributed by atoms with Crippen LogP contribution in [-0.4, -0.2) is 54.4 Å². The van der Waals surface area contributed by atoms with Crippen molar-refractivity contribution in [1.29, 1.82) is 0 Å². The number of nitro groups is 1. The summed E-state index contributed by atoms with van der Waals surface area (Å²) in [6.07, 6.45) is -0.585. The number of aromatic carboxylic acids is 1. The highest BCUT2D eigenvalue weighted by Gasteiger charge is 2.20. The molecule has 0 saturated carbocycles. The summed E-state index contributed by atoms with van der Waals surface area (Å²) in [7, 11) is 0. The van der Waals surface area contributed by atoms with E-state index in [-0.39, 0.29) is 34.4 Å². The number of carboxylic acids is 1. The lowest BCUT2D eigenvalue weighted by Gasteiger charge is -2.19. The van der Waals surface area contributed by atoms with E-state index in [9.17, 15) is 24.8 Å². The van der Waals surface area contributed by atoms with Crippen LogP contribution in [0, 0.1) is 10.1 Å². The van der Waals surface area contributed by atoms with Crippen LogP contribution in [0.15, 0.2) is 28.3 Å². The predicted octanol–water partition coefficient (Wildman–Crippen LogP) is 1.96. The molecule has 0 saturated heterocycles. The second-order valence-electron chi connectivity index (χ2n) is 6.46. The van der Waals surface area contributed by atoms with Gasteiger partial charge in [0.2, 0.25) is 5.16 Å². The summed E-state index contributed by atoms with van der Waals surface area (Å²) >= 11 is 0.945. The third-order valence-corrected chi connectivity index (χ3v) is 4.15. The molecular weight excluding hydrogens is 392 g/mol. The van der Waals surface area contributed by atoms with Gasteiger partial charge in [0.05, 0.1) is 17.0 Å². The zero-order valence-electron chi connectivity index (χ0n) is 15.3. The lowest BCUT2D eigenvalue weighted by molar-refractivity contribution is -0.384. The molecular formula is C15H18N6O6S. The molecule has 0 aliphatic carbocycles. The fourth-order valence-electron chi connectivity index (χ4n) is 1.97. The average molecular weight is 410 g/mol. The minimum absolute atomic E-state index is 0.180. The van der Waals surface area contributed by atoms with Gasteiger partial charge in [-0.3, -0.25) is 10.1 Å². The molecule has 1 amide bonds. The number of hydrogen-bond donors (Lipinski definition) is 2. The number of ether oxygens (including phenoxy) is 1. The van der Waals surface area contributed by atoms with E-state index in [0.29, 0.717) is 0 Å². The molecule has 1 aromatic heterocycles. The van der Waals surface area contributed by atoms with Gasteiger partial charge in [0, 0.05) is 23.6 Å². The molecule has 0 radical (unpaired) electrons. The Labute approximate surface area is 163 Å². The first kappa shape index (κ1) is 21.1. The number of benzene rings is 1. The zero-order valence-corrected chi connectivity index (χ0v) is 16.1. The van der Waals surface area contributed by atoms with Crippen molar-refractivity contribution in [2.24, 2.45) is 0 Å². The predicted molar refractivity (Wildman–Crippen MR) is 96.2 cm³/mol. The van der Waals surface area contributed by atoms with Crippen molar-refractivity contribution in [2.45, 2.75) is 43.0 Å². The molecule has 1 aromatic carbocycles. The first-order chi connectivity index (χ1) is 13.1. The Balaban J connectivity index is 2.07. The molecule has 28 heavy (non-hydrogen) atoms. The maximum absolute atomic E-state index is 11.6. The van der Waals surface area contributed by atoms with E-state index in [1.807, 2.05) is 0 Å². The van der Waals surface area contributed by atoms with Crippen molar-refractivity contribution in [2.75, 3.05) is 6.54 Å². The summed E-state index contributed by atoms with van der Waals surface area (Å²) < 4.78 is 6.49. The van der Waals surface area contributed by atoms with Crippen molar-refractivity contribution in [1.82, 2.24) is 25.5 Å². The third kappa shape index (κ3) is 5.90. The van der Waals surface area contributed by atoms with Crippen LogP contribution < -0.4 is 5.32 Å². The van der Waals surface area contributed by atoms with Crippen LogP contribution >= 0.6 is 11.8 Å². The van der Waals surface area contributed by atoms with Crippen LogP contribution in [0.1, 0.15) is 31.1 Å². The first-order valence-corrected chi connectivity index (χ1v) is 8.81. The number of non-ortho nitro benzene ring substituents is 1. The molecule has 0 spiro atoms. The molecule has 0 aliphatic heterocycles. The largest absolute Gasteiger partial charge is 0.478 e. The number of carbonyl (C=O) groups is 2. The lowest BCUT2D eigenvalue weighted by Crippen LogP contribution is -2.34. The monoisotopic (exact) mass is 410 g/mol. The molecule has 12 nitrogen and oxygen atoms in total. The van der Waals surface area contributed by atoms with Crippen LogP contribution in [0.3, 0.4) is 0 Å². The molecule has 2 rings (SSSR count). The van der Waals surface area contributed by atoms with Gasteiger partial charge in [0.1, 0.15) is 5.60 Å². The number of carbonyl (C=O) groups excluding carboxylic acids is 1. The summed E-state index contributed by atoms with van der Waals surface area (Å²) in [5.74, 6) is -1.31. The van der Waals surface area contributed by atoms with Gasteiger partial charge in [-0.05, 0) is 49.0 Å². The standard InChI is InChI=1S/C15H18N6O6S/c1-15(2,3)27-14(24)16-6-7-20-13(17-18-19-20)28-11-5-4-9(21(25)26)8-10(11)12(22)23/h4-5,8H,6-7H2,1-3H3,(H,16,24)(H,22,23). The van der Waals surface area contributed by atoms with Gasteiger partial charge in [-0.25, -0.2) is 14.3 Å². The number of aromatic nitrogens is 4. The normalized spacial score (nSPS) is 11.1. The molecule has 0 atom stereocenters. The Kier molecular flexibility index (Phi) is 6.51. The topological polar surface area (TPSA) is 162 Å². The number of nitro benzene ring substituents is 1. The van der Waals surface area contributed by atoms with Gasteiger partial charge in [-0.15, -0.1) is 5.10 Å². The summed E-state index contributed by atoms with van der Waals surface area (Å²) in [6.45, 7) is 5.62. The van der Waals surface area contributed by atoms with Gasteiger partial charge in [-0.1, -0.05) is 0 Å². The Morgan fingerprint density at radius 2 is 2.11 bits per heavy atom. The van der Waals surface area contributed by atoms with Gasteiger partial charge in [0.25, 0.3) is 5.69 Å². The molecule has 0 fully saturated rings. The molecule has 13 heteroatoms. The SMILES string of the molecule is CC(C)(C)OC(=O)NCCn1nnnc1Sc1ccc([N+](=O)[O-])cc1C(=O)O. The molecule has 0 bridgehead atoms. The number of rotatable bonds is 7. The van der Waals surface area contributed by atoms with E-state index in [2.05, 4.69) is 20.8 Å². The number of alkyl carbamates (subject to hydrolysis) is 1. The van der Waals surface area contributed by atoms with Crippen LogP contribution in [-0.2, 0) is 11.3 Å². The second-order valence-corrected chi connectivity index (χ2v) is 7.47. The molecule has 0 aliphatic rings. The quantitative estimate of drug-likeness (QED) is 0.509. The van der Waals surface area contributed by atoms with Crippen LogP contribution in [0.4, 0.5) is 10.5 Å². The van der Waals surface area contributed by atoms with Gasteiger partial charge in [-0.2, -0.15) is 0 Å². The van der Waals surface area contributed by atoms with Crippen molar-refractivity contribution >= 4 is 29.5 Å². The summed E-state index contributed by atoms with van der Waals surface area (Å²) in [4.78, 5) is 33.5. The second kappa shape index (κ2) is 8.65. The fraction of sp³-hybridized carbons (Fsp3) is 0.400. The Hall–Kier alpha value is -3.22. The van der Waals surface area contributed by atoms with E-state index < -0.39 is 22.6 Å². The molecule has 0 unspecified atom stereocenters. The van der Waals surface area contributed by atoms with Crippen LogP contribution in [0.25, 0.3) is 0 Å². The Morgan fingerprint density at radius 3 is 2.71 bits per heavy atom. The zero-order chi connectivity index (χ0) is 20.9. The first-order valence-electron chi connectivity index (χ1n) is 7.99. The number of amides is 1. The summed E-state index contributed by atoms with van der Waals surface area (Å²) in [6, 6.07) is 3.50. The van der Waals surface area contributed by atoms with Crippen LogP contribution in [0.2, 0.25) is 0 Å². The summed E-state index contributed by atoms with van der Waals surface area (Å²) in [5.41, 5.74) is -1.19. The van der Waals surface area contributed by atoms with Crippen molar-refractivity contribution < 1.29 is 24.4 Å². The van der Waals surface area contributed by atoms with Crippen LogP contribution in [0.5, 0.6) is 0 Å². The highest BCUT2D eigenvalue weighted by molar-refractivity contribution is 7.99. The molecule has 2 aromatic rings. The number of hydrogen-bond acceptors (Lipinski definition) is 9. The highest BCUT2D eigenvalue weighted by Crippen LogP contribution is 2.31. The summed E-state index contributed by atoms with van der Waals surface area (Å²) in [5, 5.41) is 34.1. The third-order valence-electron chi connectivity index (χ3n) is 3.10. The van der Waals surface area contributed by atoms with Crippen molar-refractivity contribution in [3.63, 3.8) is 0 Å². The number of carboxylic acid groups (broad SMARTS) is 1. The number of tetrazole rings is 1. The number of nitrogens with one attached hydrogen (secondary N) is 1. The van der Waals surface area contributed by atoms with E-state index >= 15 is 0 Å². The van der Waals surface area contributed by atoms with Gasteiger partial charge in [0.15, 0.2) is 0 Å². The maximum atomic E-state index is 11.6. The maximum Gasteiger partial charge on any atom is 0.407 e. The average Bonchev–Trinajstić information content (AvgIpc) is 3.00. The van der Waals surface area contributed by atoms with E-state index in [1.165, 1.54) is 16.8 Å².